The monoisotopic (exact) mass is 715 g/mol. The second-order valence-corrected chi connectivity index (χ2v) is 16.2. The van der Waals surface area contributed by atoms with Gasteiger partial charge in [-0.3, -0.25) is 10.00 Å². The summed E-state index contributed by atoms with van der Waals surface area (Å²) in [6.07, 6.45) is 11.6. The van der Waals surface area contributed by atoms with Gasteiger partial charge in [0, 0.05) is 47.0 Å². The van der Waals surface area contributed by atoms with Gasteiger partial charge in [-0.2, -0.15) is 15.1 Å². The molecule has 6 heterocycles. The fourth-order valence-electron chi connectivity index (χ4n) is 10.1. The van der Waals surface area contributed by atoms with Crippen LogP contribution >= 0.6 is 0 Å². The summed E-state index contributed by atoms with van der Waals surface area (Å²) < 4.78 is 41.1. The van der Waals surface area contributed by atoms with Gasteiger partial charge < -0.3 is 29.0 Å². The first-order chi connectivity index (χ1) is 25.3. The SMILES string of the molecule is COc1nc(-c2c(C)c(C)cc3[nH]ncc23)c(F)c2nc(OCC34CCCC3N(C3CCC5(CC3)COC5)CCC4)nc(N3CCOCC(O)C3)c12. The summed E-state index contributed by atoms with van der Waals surface area (Å²) in [6, 6.07) is 3.18. The van der Waals surface area contributed by atoms with Crippen molar-refractivity contribution in [1.82, 2.24) is 30.0 Å². The lowest BCUT2D eigenvalue weighted by atomic mass is 9.69. The molecule has 3 atom stereocenters. The van der Waals surface area contributed by atoms with Crippen LogP contribution in [0.15, 0.2) is 12.3 Å². The summed E-state index contributed by atoms with van der Waals surface area (Å²) in [5.41, 5.74) is 3.92. The van der Waals surface area contributed by atoms with E-state index in [1.165, 1.54) is 45.6 Å². The van der Waals surface area contributed by atoms with E-state index in [0.717, 1.165) is 61.1 Å². The lowest BCUT2D eigenvalue weighted by Gasteiger charge is -2.53. The molecule has 2 N–H and O–H groups in total. The van der Waals surface area contributed by atoms with E-state index in [2.05, 4.69) is 15.1 Å². The van der Waals surface area contributed by atoms with Gasteiger partial charge in [0.25, 0.3) is 0 Å². The van der Waals surface area contributed by atoms with E-state index >= 15 is 4.39 Å². The summed E-state index contributed by atoms with van der Waals surface area (Å²) in [7, 11) is 1.52. The number of rotatable bonds is 7. The van der Waals surface area contributed by atoms with Gasteiger partial charge in [-0.1, -0.05) is 6.42 Å². The number of anilines is 1. The zero-order valence-electron chi connectivity index (χ0n) is 30.5. The average molecular weight is 716 g/mol. The largest absolute Gasteiger partial charge is 0.480 e. The number of aliphatic hydroxyl groups excluding tert-OH is 1. The zero-order valence-corrected chi connectivity index (χ0v) is 30.5. The van der Waals surface area contributed by atoms with E-state index < -0.39 is 11.9 Å². The lowest BCUT2D eigenvalue weighted by molar-refractivity contribution is -0.143. The Bertz CT molecular complexity index is 1980. The highest BCUT2D eigenvalue weighted by Gasteiger charge is 2.52. The Balaban J connectivity index is 1.10. The van der Waals surface area contributed by atoms with Gasteiger partial charge in [-0.05, 0) is 89.0 Å². The van der Waals surface area contributed by atoms with Crippen molar-refractivity contribution < 1.29 is 28.4 Å². The number of benzene rings is 1. The van der Waals surface area contributed by atoms with E-state index in [-0.39, 0.29) is 41.7 Å². The number of H-pyrrole nitrogens is 1. The highest BCUT2D eigenvalue weighted by Crippen LogP contribution is 2.51. The van der Waals surface area contributed by atoms with Gasteiger partial charge >= 0.3 is 6.01 Å². The third kappa shape index (κ3) is 5.70. The number of fused-ring (bicyclic) bond motifs is 3. The number of aryl methyl sites for hydroxylation is 1. The molecule has 13 heteroatoms. The molecule has 1 spiro atoms. The number of pyridine rings is 1. The number of ether oxygens (including phenoxy) is 4. The molecule has 278 valence electrons. The van der Waals surface area contributed by atoms with Crippen LogP contribution < -0.4 is 14.4 Å². The topological polar surface area (TPSA) is 131 Å². The Labute approximate surface area is 303 Å². The number of likely N-dealkylation sites (tertiary alicyclic amines) is 1. The van der Waals surface area contributed by atoms with Crippen LogP contribution in [0.2, 0.25) is 0 Å². The molecular weight excluding hydrogens is 665 g/mol. The summed E-state index contributed by atoms with van der Waals surface area (Å²) >= 11 is 0. The Hall–Kier alpha value is -3.65. The molecule has 5 fully saturated rings. The van der Waals surface area contributed by atoms with Crippen molar-refractivity contribution in [1.29, 1.82) is 0 Å². The molecular formula is C39H50FN7O5. The summed E-state index contributed by atoms with van der Waals surface area (Å²) in [4.78, 5) is 19.3. The maximum Gasteiger partial charge on any atom is 0.319 e. The van der Waals surface area contributed by atoms with Gasteiger partial charge in [0.15, 0.2) is 5.82 Å². The molecule has 3 saturated heterocycles. The normalized spacial score (nSPS) is 26.8. The zero-order chi connectivity index (χ0) is 35.6. The van der Waals surface area contributed by atoms with Crippen molar-refractivity contribution in [2.24, 2.45) is 10.8 Å². The summed E-state index contributed by atoms with van der Waals surface area (Å²) in [5.74, 6) is 0.0284. The molecule has 2 saturated carbocycles. The van der Waals surface area contributed by atoms with Crippen LogP contribution in [0.4, 0.5) is 10.2 Å². The van der Waals surface area contributed by atoms with Crippen LogP contribution in [0.5, 0.6) is 11.9 Å². The Morgan fingerprint density at radius 3 is 2.65 bits per heavy atom. The van der Waals surface area contributed by atoms with E-state index in [1.54, 1.807) is 6.20 Å². The number of hydrogen-bond acceptors (Lipinski definition) is 11. The highest BCUT2D eigenvalue weighted by atomic mass is 19.1. The maximum absolute atomic E-state index is 17.2. The van der Waals surface area contributed by atoms with Crippen molar-refractivity contribution in [3.05, 3.63) is 29.2 Å². The molecule has 0 amide bonds. The lowest BCUT2D eigenvalue weighted by Crippen LogP contribution is -2.57. The fraction of sp³-hybridized carbons (Fsp3) is 0.641. The summed E-state index contributed by atoms with van der Waals surface area (Å²) in [6.45, 7) is 8.71. The molecule has 3 unspecified atom stereocenters. The smallest absolute Gasteiger partial charge is 0.319 e. The molecule has 1 aromatic carbocycles. The first-order valence-corrected chi connectivity index (χ1v) is 19.1. The van der Waals surface area contributed by atoms with E-state index in [9.17, 15) is 5.11 Å². The van der Waals surface area contributed by atoms with Gasteiger partial charge in [0.2, 0.25) is 5.88 Å². The van der Waals surface area contributed by atoms with E-state index in [4.69, 9.17) is 33.9 Å². The first kappa shape index (κ1) is 34.1. The first-order valence-electron chi connectivity index (χ1n) is 19.1. The van der Waals surface area contributed by atoms with Gasteiger partial charge in [-0.15, -0.1) is 0 Å². The second-order valence-electron chi connectivity index (χ2n) is 16.2. The number of aromatic amines is 1. The minimum absolute atomic E-state index is 0.0106. The number of methoxy groups -OCH3 is 1. The average Bonchev–Trinajstić information content (AvgIpc) is 3.73. The Kier molecular flexibility index (Phi) is 8.75. The number of halogens is 1. The third-order valence-corrected chi connectivity index (χ3v) is 13.1. The predicted molar refractivity (Wildman–Crippen MR) is 194 cm³/mol. The molecule has 9 rings (SSSR count). The Morgan fingerprint density at radius 1 is 1.04 bits per heavy atom. The third-order valence-electron chi connectivity index (χ3n) is 13.1. The number of hydrogen-bond donors (Lipinski definition) is 2. The van der Waals surface area contributed by atoms with E-state index in [0.29, 0.717) is 54.0 Å². The van der Waals surface area contributed by atoms with Crippen molar-refractivity contribution in [3.8, 4) is 23.1 Å². The van der Waals surface area contributed by atoms with Crippen LogP contribution in [0, 0.1) is 30.5 Å². The van der Waals surface area contributed by atoms with Crippen molar-refractivity contribution >= 4 is 27.6 Å². The molecule has 3 aromatic heterocycles. The molecule has 4 aromatic rings. The number of aromatic nitrogens is 5. The van der Waals surface area contributed by atoms with Crippen molar-refractivity contribution in [2.45, 2.75) is 89.8 Å². The number of piperidine rings is 1. The number of nitrogens with one attached hydrogen (secondary N) is 1. The van der Waals surface area contributed by atoms with Crippen LogP contribution in [-0.2, 0) is 9.47 Å². The number of β-amino-alcohol motifs (C(OH)–C–C–N with tert-alkyl or cyclic N) is 1. The molecule has 3 aliphatic heterocycles. The molecule has 5 aliphatic rings. The molecule has 12 nitrogen and oxygen atoms in total. The van der Waals surface area contributed by atoms with E-state index in [1.807, 2.05) is 24.8 Å². The summed E-state index contributed by atoms with van der Waals surface area (Å²) in [5, 5.41) is 19.1. The minimum Gasteiger partial charge on any atom is -0.480 e. The molecule has 0 radical (unpaired) electrons. The van der Waals surface area contributed by atoms with Gasteiger partial charge in [0.1, 0.15) is 22.4 Å². The molecule has 52 heavy (non-hydrogen) atoms. The van der Waals surface area contributed by atoms with Gasteiger partial charge in [0.05, 0.1) is 58.0 Å². The number of aliphatic hydroxyl groups is 1. The Morgan fingerprint density at radius 2 is 1.87 bits per heavy atom. The maximum atomic E-state index is 17.2. The van der Waals surface area contributed by atoms with Crippen LogP contribution in [0.1, 0.15) is 68.9 Å². The standard InChI is InChI=1S/C39H50FN7O5/c1-23-16-28-27(17-41-45-28)30(24(23)2)33-32(40)34-31(36(42-33)49-3)35(46-14-15-50-19-26(48)18-46)44-37(43-34)52-22-39-9-4-6-29(39)47(13-5-10-39)25-7-11-38(12-8-25)20-51-21-38/h16-17,25-26,29,48H,4-15,18-22H2,1-3H3,(H,41,45). The number of nitrogens with zero attached hydrogens (tertiary/aromatic N) is 6. The minimum atomic E-state index is -0.748. The molecule has 0 bridgehead atoms. The van der Waals surface area contributed by atoms with Crippen molar-refractivity contribution in [3.63, 3.8) is 0 Å². The molecule has 2 aliphatic carbocycles. The predicted octanol–water partition coefficient (Wildman–Crippen LogP) is 5.50. The highest BCUT2D eigenvalue weighted by molar-refractivity contribution is 6.01. The van der Waals surface area contributed by atoms with Crippen LogP contribution in [0.25, 0.3) is 33.1 Å². The van der Waals surface area contributed by atoms with Crippen molar-refractivity contribution in [2.75, 3.05) is 64.7 Å². The van der Waals surface area contributed by atoms with Gasteiger partial charge in [-0.25, -0.2) is 9.37 Å². The van der Waals surface area contributed by atoms with Crippen LogP contribution in [0.3, 0.4) is 0 Å². The quantitative estimate of drug-likeness (QED) is 0.252. The fourth-order valence-corrected chi connectivity index (χ4v) is 10.1. The van der Waals surface area contributed by atoms with Crippen LogP contribution in [-0.4, -0.2) is 113 Å². The second kappa shape index (κ2) is 13.3.